The van der Waals surface area contributed by atoms with Gasteiger partial charge < -0.3 is 9.47 Å². The molecule has 0 N–H and O–H groups in total. The SMILES string of the molecule is Cc1cc(OC(C(=O)OC(C)(C)C)N2CCC2)cnc1Cl. The maximum atomic E-state index is 12.3. The molecule has 0 aliphatic carbocycles. The molecule has 1 fully saturated rings. The van der Waals surface area contributed by atoms with E-state index in [0.717, 1.165) is 25.1 Å². The summed E-state index contributed by atoms with van der Waals surface area (Å²) in [4.78, 5) is 18.3. The summed E-state index contributed by atoms with van der Waals surface area (Å²) in [6.07, 6.45) is 1.84. The summed E-state index contributed by atoms with van der Waals surface area (Å²) in [5.74, 6) is 0.134. The zero-order valence-electron chi connectivity index (χ0n) is 12.9. The van der Waals surface area contributed by atoms with Crippen LogP contribution in [0.1, 0.15) is 32.8 Å². The Kier molecular flexibility index (Phi) is 4.74. The smallest absolute Gasteiger partial charge is 0.363 e. The topological polar surface area (TPSA) is 51.7 Å². The van der Waals surface area contributed by atoms with Crippen molar-refractivity contribution in [2.24, 2.45) is 0 Å². The number of pyridine rings is 1. The number of nitrogens with zero attached hydrogens (tertiary/aromatic N) is 2. The Labute approximate surface area is 130 Å². The van der Waals surface area contributed by atoms with Gasteiger partial charge in [-0.3, -0.25) is 4.90 Å². The lowest BCUT2D eigenvalue weighted by Crippen LogP contribution is -2.53. The van der Waals surface area contributed by atoms with Crippen molar-refractivity contribution >= 4 is 17.6 Å². The molecular formula is C15H21ClN2O3. The Hall–Kier alpha value is -1.33. The van der Waals surface area contributed by atoms with Crippen molar-refractivity contribution in [1.29, 1.82) is 0 Å². The number of ether oxygens (including phenoxy) is 2. The van der Waals surface area contributed by atoms with Crippen LogP contribution in [0.3, 0.4) is 0 Å². The van der Waals surface area contributed by atoms with Crippen LogP contribution in [0.25, 0.3) is 0 Å². The molecule has 1 atom stereocenters. The number of carbonyl (C=O) groups is 1. The largest absolute Gasteiger partial charge is 0.462 e. The molecule has 1 saturated heterocycles. The molecule has 2 rings (SSSR count). The summed E-state index contributed by atoms with van der Waals surface area (Å²) in [5.41, 5.74) is 0.262. The van der Waals surface area contributed by atoms with E-state index in [1.165, 1.54) is 6.20 Å². The van der Waals surface area contributed by atoms with Crippen LogP contribution in [0, 0.1) is 6.92 Å². The fourth-order valence-corrected chi connectivity index (χ4v) is 2.03. The first kappa shape index (κ1) is 16.0. The maximum absolute atomic E-state index is 12.3. The Morgan fingerprint density at radius 1 is 1.43 bits per heavy atom. The number of hydrogen-bond donors (Lipinski definition) is 0. The van der Waals surface area contributed by atoms with Crippen LogP contribution in [0.5, 0.6) is 5.75 Å². The van der Waals surface area contributed by atoms with E-state index in [9.17, 15) is 4.79 Å². The van der Waals surface area contributed by atoms with Gasteiger partial charge in [0.15, 0.2) is 0 Å². The second-order valence-electron chi connectivity index (χ2n) is 6.17. The second kappa shape index (κ2) is 6.20. The zero-order valence-corrected chi connectivity index (χ0v) is 13.6. The quantitative estimate of drug-likeness (QED) is 0.632. The first-order valence-corrected chi connectivity index (χ1v) is 7.40. The van der Waals surface area contributed by atoms with Crippen LogP contribution >= 0.6 is 11.6 Å². The Morgan fingerprint density at radius 3 is 2.57 bits per heavy atom. The van der Waals surface area contributed by atoms with Crippen LogP contribution in [0.4, 0.5) is 0 Å². The second-order valence-corrected chi connectivity index (χ2v) is 6.53. The van der Waals surface area contributed by atoms with Gasteiger partial charge in [-0.25, -0.2) is 9.78 Å². The molecule has 0 radical (unpaired) electrons. The molecule has 2 heterocycles. The molecule has 0 spiro atoms. The summed E-state index contributed by atoms with van der Waals surface area (Å²) < 4.78 is 11.2. The van der Waals surface area contributed by atoms with Crippen LogP contribution in [-0.2, 0) is 9.53 Å². The van der Waals surface area contributed by atoms with Crippen LogP contribution < -0.4 is 4.74 Å². The molecule has 6 heteroatoms. The van der Waals surface area contributed by atoms with E-state index in [-0.39, 0.29) is 5.97 Å². The van der Waals surface area contributed by atoms with E-state index in [1.54, 1.807) is 6.07 Å². The van der Waals surface area contributed by atoms with E-state index >= 15 is 0 Å². The highest BCUT2D eigenvalue weighted by molar-refractivity contribution is 6.30. The highest BCUT2D eigenvalue weighted by atomic mass is 35.5. The first-order chi connectivity index (χ1) is 9.76. The molecular weight excluding hydrogens is 292 g/mol. The summed E-state index contributed by atoms with van der Waals surface area (Å²) >= 11 is 5.90. The average molecular weight is 313 g/mol. The van der Waals surface area contributed by atoms with E-state index in [2.05, 4.69) is 4.98 Å². The number of aromatic nitrogens is 1. The van der Waals surface area contributed by atoms with Gasteiger partial charge in [0.25, 0.3) is 6.23 Å². The van der Waals surface area contributed by atoms with Gasteiger partial charge in [-0.15, -0.1) is 0 Å². The molecule has 0 amide bonds. The van der Waals surface area contributed by atoms with E-state index in [4.69, 9.17) is 21.1 Å². The van der Waals surface area contributed by atoms with Crippen molar-refractivity contribution in [2.75, 3.05) is 13.1 Å². The number of halogens is 1. The van der Waals surface area contributed by atoms with Gasteiger partial charge in [0.05, 0.1) is 6.20 Å². The third-order valence-corrected chi connectivity index (χ3v) is 3.46. The third-order valence-electron chi connectivity index (χ3n) is 3.07. The van der Waals surface area contributed by atoms with Gasteiger partial charge in [-0.05, 0) is 45.7 Å². The molecule has 0 bridgehead atoms. The molecule has 116 valence electrons. The standard InChI is InChI=1S/C15H21ClN2O3/c1-10-8-11(9-17-12(10)16)20-13(18-6-5-7-18)14(19)21-15(2,3)4/h8-9,13H,5-7H2,1-4H3. The summed E-state index contributed by atoms with van der Waals surface area (Å²) in [7, 11) is 0. The highest BCUT2D eigenvalue weighted by Crippen LogP contribution is 2.23. The molecule has 1 aromatic rings. The lowest BCUT2D eigenvalue weighted by atomic mass is 10.2. The number of hydrogen-bond acceptors (Lipinski definition) is 5. The molecule has 5 nitrogen and oxygen atoms in total. The van der Waals surface area contributed by atoms with Crippen molar-refractivity contribution in [3.63, 3.8) is 0 Å². The van der Waals surface area contributed by atoms with Crippen molar-refractivity contribution in [3.05, 3.63) is 23.0 Å². The summed E-state index contributed by atoms with van der Waals surface area (Å²) in [5, 5.41) is 0.431. The Bertz CT molecular complexity index is 524. The van der Waals surface area contributed by atoms with E-state index < -0.39 is 11.8 Å². The van der Waals surface area contributed by atoms with E-state index in [0.29, 0.717) is 10.9 Å². The summed E-state index contributed by atoms with van der Waals surface area (Å²) in [6, 6.07) is 1.77. The van der Waals surface area contributed by atoms with Crippen molar-refractivity contribution in [3.8, 4) is 5.75 Å². The molecule has 1 aliphatic rings. The number of rotatable bonds is 4. The minimum Gasteiger partial charge on any atom is -0.462 e. The fraction of sp³-hybridized carbons (Fsp3) is 0.600. The molecule has 0 saturated carbocycles. The Morgan fingerprint density at radius 2 is 2.10 bits per heavy atom. The van der Waals surface area contributed by atoms with Gasteiger partial charge in [-0.2, -0.15) is 0 Å². The van der Waals surface area contributed by atoms with Crippen LogP contribution in [-0.4, -0.2) is 40.8 Å². The fourth-order valence-electron chi connectivity index (χ4n) is 1.92. The summed E-state index contributed by atoms with van der Waals surface area (Å²) in [6.45, 7) is 9.01. The predicted molar refractivity (Wildman–Crippen MR) is 80.4 cm³/mol. The number of carbonyl (C=O) groups excluding carboxylic acids is 1. The third kappa shape index (κ3) is 4.32. The van der Waals surface area contributed by atoms with Crippen molar-refractivity contribution in [2.45, 2.75) is 45.9 Å². The van der Waals surface area contributed by atoms with Crippen molar-refractivity contribution < 1.29 is 14.3 Å². The molecule has 21 heavy (non-hydrogen) atoms. The predicted octanol–water partition coefficient (Wildman–Crippen LogP) is 2.80. The number of likely N-dealkylation sites (tertiary alicyclic amines) is 1. The molecule has 1 unspecified atom stereocenters. The number of aryl methyl sites for hydroxylation is 1. The minimum absolute atomic E-state index is 0.380. The highest BCUT2D eigenvalue weighted by Gasteiger charge is 2.35. The van der Waals surface area contributed by atoms with Crippen LogP contribution in [0.15, 0.2) is 12.3 Å². The van der Waals surface area contributed by atoms with Crippen LogP contribution in [0.2, 0.25) is 5.15 Å². The van der Waals surface area contributed by atoms with Gasteiger partial charge in [0.1, 0.15) is 16.5 Å². The monoisotopic (exact) mass is 312 g/mol. The molecule has 1 aliphatic heterocycles. The molecule has 1 aromatic heterocycles. The van der Waals surface area contributed by atoms with Gasteiger partial charge in [-0.1, -0.05) is 11.6 Å². The zero-order chi connectivity index (χ0) is 15.6. The lowest BCUT2D eigenvalue weighted by molar-refractivity contribution is -0.176. The van der Waals surface area contributed by atoms with Gasteiger partial charge in [0, 0.05) is 13.1 Å². The lowest BCUT2D eigenvalue weighted by Gasteiger charge is -2.37. The van der Waals surface area contributed by atoms with Gasteiger partial charge >= 0.3 is 5.97 Å². The molecule has 0 aromatic carbocycles. The minimum atomic E-state index is -0.736. The van der Waals surface area contributed by atoms with Gasteiger partial charge in [0.2, 0.25) is 0 Å². The maximum Gasteiger partial charge on any atom is 0.363 e. The average Bonchev–Trinajstić information content (AvgIpc) is 2.28. The first-order valence-electron chi connectivity index (χ1n) is 7.02. The van der Waals surface area contributed by atoms with Crippen molar-refractivity contribution in [1.82, 2.24) is 9.88 Å². The number of esters is 1. The Balaban J connectivity index is 2.12. The van der Waals surface area contributed by atoms with E-state index in [1.807, 2.05) is 32.6 Å². The normalized spacial score (nSPS) is 17.0.